The van der Waals surface area contributed by atoms with E-state index in [0.29, 0.717) is 19.4 Å². The van der Waals surface area contributed by atoms with Crippen LogP contribution in [0, 0.1) is 0 Å². The third kappa shape index (κ3) is 7.09. The zero-order chi connectivity index (χ0) is 17.2. The number of amides is 3. The molecular weight excluding hydrogens is 304 g/mol. The molecule has 2 atom stereocenters. The van der Waals surface area contributed by atoms with E-state index < -0.39 is 29.9 Å². The molecular formula is C14H24N4O5. The van der Waals surface area contributed by atoms with E-state index in [2.05, 4.69) is 16.0 Å². The van der Waals surface area contributed by atoms with Crippen LogP contribution in [-0.2, 0) is 19.2 Å². The van der Waals surface area contributed by atoms with Gasteiger partial charge in [-0.05, 0) is 32.2 Å². The lowest BCUT2D eigenvalue weighted by Gasteiger charge is -2.24. The second-order valence-corrected chi connectivity index (χ2v) is 5.44. The molecule has 6 N–H and O–H groups in total. The Labute approximate surface area is 134 Å². The summed E-state index contributed by atoms with van der Waals surface area (Å²) in [6, 6.07) is -1.67. The highest BCUT2D eigenvalue weighted by Gasteiger charge is 2.28. The lowest BCUT2D eigenvalue weighted by molar-refractivity contribution is -0.138. The number of carboxylic acid groups (broad SMARTS) is 1. The van der Waals surface area contributed by atoms with Gasteiger partial charge in [-0.15, -0.1) is 0 Å². The molecule has 0 unspecified atom stereocenters. The Hall–Kier alpha value is -2.16. The van der Waals surface area contributed by atoms with Crippen molar-refractivity contribution in [2.45, 2.75) is 50.6 Å². The number of nitrogens with two attached hydrogens (primary N) is 1. The Balaban J connectivity index is 2.76. The topological polar surface area (TPSA) is 151 Å². The van der Waals surface area contributed by atoms with E-state index >= 15 is 0 Å². The fraction of sp³-hybridized carbons (Fsp3) is 0.714. The zero-order valence-electron chi connectivity index (χ0n) is 13.0. The number of carboxylic acids is 1. The molecule has 0 aliphatic carbocycles. The molecule has 9 heteroatoms. The number of nitrogens with one attached hydrogen (secondary N) is 3. The standard InChI is InChI=1S/C14H24N4O5/c15-7-2-1-3-9-13(22)16-8-6-11(19)17-10(14(23)18-9)4-5-12(20)21/h9-10H,1-8,15H2,(H,16,22)(H,17,19)(H,18,23)(H,20,21)/t9-,10-/m0/s1. The van der Waals surface area contributed by atoms with Gasteiger partial charge in [0.25, 0.3) is 0 Å². The Bertz CT molecular complexity index is 454. The first-order valence-corrected chi connectivity index (χ1v) is 7.73. The van der Waals surface area contributed by atoms with Crippen LogP contribution in [-0.4, -0.2) is 54.0 Å². The molecule has 1 aliphatic rings. The summed E-state index contributed by atoms with van der Waals surface area (Å²) in [7, 11) is 0. The van der Waals surface area contributed by atoms with Crippen LogP contribution in [0.25, 0.3) is 0 Å². The first-order chi connectivity index (χ1) is 10.9. The molecule has 1 heterocycles. The molecule has 1 saturated heterocycles. The Morgan fingerprint density at radius 3 is 2.43 bits per heavy atom. The molecule has 1 rings (SSSR count). The molecule has 1 fully saturated rings. The molecule has 0 aromatic heterocycles. The summed E-state index contributed by atoms with van der Waals surface area (Å²) in [4.78, 5) is 46.7. The number of aliphatic carboxylic acids is 1. The normalized spacial score (nSPS) is 22.7. The van der Waals surface area contributed by atoms with Gasteiger partial charge in [0.15, 0.2) is 0 Å². The Kier molecular flexibility index (Phi) is 8.03. The number of carbonyl (C=O) groups is 4. The first kappa shape index (κ1) is 18.9. The molecule has 0 saturated carbocycles. The monoisotopic (exact) mass is 328 g/mol. The van der Waals surface area contributed by atoms with Crippen LogP contribution in [0.1, 0.15) is 38.5 Å². The Morgan fingerprint density at radius 2 is 1.78 bits per heavy atom. The fourth-order valence-corrected chi connectivity index (χ4v) is 2.26. The van der Waals surface area contributed by atoms with Crippen molar-refractivity contribution in [2.24, 2.45) is 5.73 Å². The van der Waals surface area contributed by atoms with E-state index in [-0.39, 0.29) is 31.7 Å². The van der Waals surface area contributed by atoms with Crippen LogP contribution in [0.5, 0.6) is 0 Å². The Morgan fingerprint density at radius 1 is 1.09 bits per heavy atom. The summed E-state index contributed by atoms with van der Waals surface area (Å²) in [5.74, 6) is -2.35. The van der Waals surface area contributed by atoms with Crippen LogP contribution in [0.2, 0.25) is 0 Å². The lowest BCUT2D eigenvalue weighted by Crippen LogP contribution is -2.55. The highest BCUT2D eigenvalue weighted by Crippen LogP contribution is 2.05. The van der Waals surface area contributed by atoms with Crippen molar-refractivity contribution in [3.8, 4) is 0 Å². The largest absolute Gasteiger partial charge is 0.481 e. The highest BCUT2D eigenvalue weighted by molar-refractivity contribution is 5.93. The van der Waals surface area contributed by atoms with Crippen molar-refractivity contribution in [3.05, 3.63) is 0 Å². The molecule has 0 bridgehead atoms. The first-order valence-electron chi connectivity index (χ1n) is 7.73. The zero-order valence-corrected chi connectivity index (χ0v) is 13.0. The van der Waals surface area contributed by atoms with Crippen molar-refractivity contribution >= 4 is 23.7 Å². The maximum atomic E-state index is 12.3. The smallest absolute Gasteiger partial charge is 0.303 e. The van der Waals surface area contributed by atoms with Gasteiger partial charge in [-0.25, -0.2) is 0 Å². The van der Waals surface area contributed by atoms with Crippen molar-refractivity contribution in [1.82, 2.24) is 16.0 Å². The van der Waals surface area contributed by atoms with Crippen molar-refractivity contribution in [3.63, 3.8) is 0 Å². The lowest BCUT2D eigenvalue weighted by atomic mass is 10.1. The predicted molar refractivity (Wildman–Crippen MR) is 81.3 cm³/mol. The number of carbonyl (C=O) groups excluding carboxylic acids is 3. The number of rotatable bonds is 7. The highest BCUT2D eigenvalue weighted by atomic mass is 16.4. The summed E-state index contributed by atoms with van der Waals surface area (Å²) < 4.78 is 0. The molecule has 0 radical (unpaired) electrons. The second-order valence-electron chi connectivity index (χ2n) is 5.44. The van der Waals surface area contributed by atoms with Crippen molar-refractivity contribution in [2.75, 3.05) is 13.1 Å². The van der Waals surface area contributed by atoms with Crippen LogP contribution >= 0.6 is 0 Å². The van der Waals surface area contributed by atoms with E-state index in [1.807, 2.05) is 0 Å². The quantitative estimate of drug-likeness (QED) is 0.358. The second kappa shape index (κ2) is 9.78. The average Bonchev–Trinajstić information content (AvgIpc) is 2.49. The molecule has 3 amide bonds. The molecule has 9 nitrogen and oxygen atoms in total. The minimum atomic E-state index is -1.05. The van der Waals surface area contributed by atoms with Crippen LogP contribution in [0.3, 0.4) is 0 Å². The van der Waals surface area contributed by atoms with Gasteiger partial charge >= 0.3 is 5.97 Å². The third-order valence-corrected chi connectivity index (χ3v) is 3.53. The van der Waals surface area contributed by atoms with Gasteiger partial charge in [0.2, 0.25) is 17.7 Å². The van der Waals surface area contributed by atoms with Crippen molar-refractivity contribution < 1.29 is 24.3 Å². The molecule has 130 valence electrons. The third-order valence-electron chi connectivity index (χ3n) is 3.53. The maximum absolute atomic E-state index is 12.3. The fourth-order valence-electron chi connectivity index (χ4n) is 2.26. The van der Waals surface area contributed by atoms with E-state index in [0.717, 1.165) is 6.42 Å². The van der Waals surface area contributed by atoms with Gasteiger partial charge < -0.3 is 26.8 Å². The number of unbranched alkanes of at least 4 members (excludes halogenated alkanes) is 1. The summed E-state index contributed by atoms with van der Waals surface area (Å²) in [6.45, 7) is 0.666. The minimum absolute atomic E-state index is 0.0238. The predicted octanol–water partition coefficient (Wildman–Crippen LogP) is -1.53. The van der Waals surface area contributed by atoms with Gasteiger partial charge in [0.1, 0.15) is 12.1 Å². The average molecular weight is 328 g/mol. The van der Waals surface area contributed by atoms with Gasteiger partial charge in [-0.2, -0.15) is 0 Å². The number of hydrogen-bond donors (Lipinski definition) is 5. The van der Waals surface area contributed by atoms with Crippen LogP contribution in [0.4, 0.5) is 0 Å². The molecule has 0 spiro atoms. The van der Waals surface area contributed by atoms with Gasteiger partial charge in [0, 0.05) is 19.4 Å². The van der Waals surface area contributed by atoms with E-state index in [4.69, 9.17) is 10.8 Å². The van der Waals surface area contributed by atoms with Crippen molar-refractivity contribution in [1.29, 1.82) is 0 Å². The van der Waals surface area contributed by atoms with Gasteiger partial charge in [-0.1, -0.05) is 0 Å². The summed E-state index contributed by atoms with van der Waals surface area (Å²) in [5, 5.41) is 16.4. The molecule has 0 aromatic carbocycles. The molecule has 1 aliphatic heterocycles. The van der Waals surface area contributed by atoms with Crippen LogP contribution in [0.15, 0.2) is 0 Å². The van der Waals surface area contributed by atoms with Crippen LogP contribution < -0.4 is 21.7 Å². The van der Waals surface area contributed by atoms with E-state index in [1.165, 1.54) is 0 Å². The molecule has 0 aromatic rings. The summed E-state index contributed by atoms with van der Waals surface area (Å²) in [5.41, 5.74) is 5.42. The summed E-state index contributed by atoms with van der Waals surface area (Å²) >= 11 is 0. The molecule has 23 heavy (non-hydrogen) atoms. The number of hydrogen-bond acceptors (Lipinski definition) is 5. The summed E-state index contributed by atoms with van der Waals surface area (Å²) in [6.07, 6.45) is 1.62. The SMILES string of the molecule is NCCCC[C@@H]1NC(=O)[C@H](CCC(=O)O)NC(=O)CCNC1=O. The van der Waals surface area contributed by atoms with Gasteiger partial charge in [0.05, 0.1) is 0 Å². The van der Waals surface area contributed by atoms with E-state index in [9.17, 15) is 19.2 Å². The van der Waals surface area contributed by atoms with Gasteiger partial charge in [-0.3, -0.25) is 19.2 Å². The minimum Gasteiger partial charge on any atom is -0.481 e. The van der Waals surface area contributed by atoms with E-state index in [1.54, 1.807) is 0 Å². The maximum Gasteiger partial charge on any atom is 0.303 e.